The zero-order chi connectivity index (χ0) is 19.6. The average Bonchev–Trinajstić information content (AvgIpc) is 2.91. The molecule has 3 N–H and O–H groups in total. The summed E-state index contributed by atoms with van der Waals surface area (Å²) in [5, 5.41) is 28.6. The lowest BCUT2D eigenvalue weighted by atomic mass is 10.1. The molecule has 1 aliphatic heterocycles. The van der Waals surface area contributed by atoms with Gasteiger partial charge < -0.3 is 25.1 Å². The Morgan fingerprint density at radius 3 is 2.00 bits per heavy atom. The first kappa shape index (κ1) is 19.0. The predicted octanol–water partition coefficient (Wildman–Crippen LogP) is 2.55. The lowest BCUT2D eigenvalue weighted by Crippen LogP contribution is -2.37. The Morgan fingerprint density at radius 1 is 0.852 bits per heavy atom. The molecule has 27 heavy (non-hydrogen) atoms. The van der Waals surface area contributed by atoms with Gasteiger partial charge >= 0.3 is 0 Å². The highest BCUT2D eigenvalue weighted by Gasteiger charge is 2.25. The molecule has 1 fully saturated rings. The molecule has 0 atom stereocenters. The van der Waals surface area contributed by atoms with E-state index < -0.39 is 17.2 Å². The quantitative estimate of drug-likeness (QED) is 0.630. The van der Waals surface area contributed by atoms with Crippen molar-refractivity contribution in [1.82, 2.24) is 9.80 Å². The van der Waals surface area contributed by atoms with Crippen molar-refractivity contribution in [2.45, 2.75) is 6.42 Å². The van der Waals surface area contributed by atoms with Crippen LogP contribution < -0.4 is 0 Å². The monoisotopic (exact) mass is 434 g/mol. The van der Waals surface area contributed by atoms with Gasteiger partial charge in [-0.05, 0) is 46.6 Å². The van der Waals surface area contributed by atoms with Gasteiger partial charge in [-0.2, -0.15) is 0 Å². The Balaban J connectivity index is 1.72. The lowest BCUT2D eigenvalue weighted by molar-refractivity contribution is 0.0718. The van der Waals surface area contributed by atoms with Crippen LogP contribution in [-0.4, -0.2) is 63.1 Å². The Kier molecular flexibility index (Phi) is 5.55. The highest BCUT2D eigenvalue weighted by molar-refractivity contribution is 9.10. The molecule has 0 unspecified atom stereocenters. The van der Waals surface area contributed by atoms with Crippen molar-refractivity contribution in [3.8, 4) is 17.2 Å². The lowest BCUT2D eigenvalue weighted by Gasteiger charge is -2.23. The summed E-state index contributed by atoms with van der Waals surface area (Å²) in [5.74, 6) is -2.25. The number of halogens is 1. The maximum atomic E-state index is 12.7. The molecule has 8 heteroatoms. The number of benzene rings is 2. The summed E-state index contributed by atoms with van der Waals surface area (Å²) in [4.78, 5) is 28.7. The first-order chi connectivity index (χ1) is 12.9. The standard InChI is InChI=1S/C19H19BrN2O5/c20-14-5-2-1-4-13(14)19(27)22-7-3-6-21(8-9-22)18(26)12-10-15(23)17(25)16(24)11-12/h1-2,4-5,10-11,23-25H,3,6-9H2. The van der Waals surface area contributed by atoms with Gasteiger partial charge in [0.25, 0.3) is 11.8 Å². The Hall–Kier alpha value is -2.74. The minimum Gasteiger partial charge on any atom is -0.504 e. The van der Waals surface area contributed by atoms with Crippen LogP contribution in [0, 0.1) is 0 Å². The number of carbonyl (C=O) groups excluding carboxylic acids is 2. The summed E-state index contributed by atoms with van der Waals surface area (Å²) in [7, 11) is 0. The van der Waals surface area contributed by atoms with Gasteiger partial charge in [-0.25, -0.2) is 0 Å². The maximum Gasteiger partial charge on any atom is 0.255 e. The van der Waals surface area contributed by atoms with Crippen LogP contribution >= 0.6 is 15.9 Å². The topological polar surface area (TPSA) is 101 Å². The van der Waals surface area contributed by atoms with Gasteiger partial charge in [-0.15, -0.1) is 0 Å². The first-order valence-corrected chi connectivity index (χ1v) is 9.26. The number of nitrogens with zero attached hydrogens (tertiary/aromatic N) is 2. The average molecular weight is 435 g/mol. The van der Waals surface area contributed by atoms with Crippen LogP contribution in [0.3, 0.4) is 0 Å². The third-order valence-corrected chi connectivity index (χ3v) is 5.18. The van der Waals surface area contributed by atoms with E-state index in [0.29, 0.717) is 38.2 Å². The minimum absolute atomic E-state index is 0.0772. The van der Waals surface area contributed by atoms with Crippen molar-refractivity contribution in [1.29, 1.82) is 0 Å². The number of rotatable bonds is 2. The third kappa shape index (κ3) is 4.00. The van der Waals surface area contributed by atoms with Crippen molar-refractivity contribution in [3.05, 3.63) is 52.0 Å². The molecule has 2 aromatic carbocycles. The van der Waals surface area contributed by atoms with Crippen LogP contribution in [0.15, 0.2) is 40.9 Å². The molecule has 2 aromatic rings. The largest absolute Gasteiger partial charge is 0.504 e. The highest BCUT2D eigenvalue weighted by atomic mass is 79.9. The molecule has 1 heterocycles. The normalized spacial score (nSPS) is 14.7. The summed E-state index contributed by atoms with van der Waals surface area (Å²) < 4.78 is 0.724. The van der Waals surface area contributed by atoms with E-state index in [1.165, 1.54) is 0 Å². The van der Waals surface area contributed by atoms with E-state index in [1.807, 2.05) is 12.1 Å². The van der Waals surface area contributed by atoms with Crippen molar-refractivity contribution >= 4 is 27.7 Å². The van der Waals surface area contributed by atoms with Crippen LogP contribution in [0.5, 0.6) is 17.2 Å². The Labute approximate surface area is 164 Å². The van der Waals surface area contributed by atoms with Crippen LogP contribution in [-0.2, 0) is 0 Å². The third-order valence-electron chi connectivity index (χ3n) is 4.49. The molecule has 3 rings (SSSR count). The Bertz CT molecular complexity index is 863. The second-order valence-electron chi connectivity index (χ2n) is 6.28. The van der Waals surface area contributed by atoms with E-state index in [-0.39, 0.29) is 17.4 Å². The fourth-order valence-corrected chi connectivity index (χ4v) is 3.49. The predicted molar refractivity (Wildman–Crippen MR) is 102 cm³/mol. The maximum absolute atomic E-state index is 12.7. The van der Waals surface area contributed by atoms with E-state index >= 15 is 0 Å². The van der Waals surface area contributed by atoms with E-state index in [0.717, 1.165) is 16.6 Å². The number of hydrogen-bond acceptors (Lipinski definition) is 5. The molecule has 0 spiro atoms. The minimum atomic E-state index is -0.660. The number of carbonyl (C=O) groups is 2. The molecule has 142 valence electrons. The van der Waals surface area contributed by atoms with Crippen LogP contribution in [0.4, 0.5) is 0 Å². The van der Waals surface area contributed by atoms with Gasteiger partial charge in [-0.3, -0.25) is 9.59 Å². The summed E-state index contributed by atoms with van der Waals surface area (Å²) in [6.07, 6.45) is 0.609. The van der Waals surface area contributed by atoms with Crippen molar-refractivity contribution in [3.63, 3.8) is 0 Å². The van der Waals surface area contributed by atoms with Gasteiger partial charge in [0.1, 0.15) is 0 Å². The summed E-state index contributed by atoms with van der Waals surface area (Å²) in [5.41, 5.74) is 0.652. The molecule has 0 aliphatic carbocycles. The number of amides is 2. The number of phenolic OH excluding ortho intramolecular Hbond substituents is 3. The Morgan fingerprint density at radius 2 is 1.41 bits per heavy atom. The number of aromatic hydroxyl groups is 3. The van der Waals surface area contributed by atoms with Crippen LogP contribution in [0.25, 0.3) is 0 Å². The van der Waals surface area contributed by atoms with Crippen molar-refractivity contribution < 1.29 is 24.9 Å². The summed E-state index contributed by atoms with van der Waals surface area (Å²) in [6, 6.07) is 9.44. The first-order valence-electron chi connectivity index (χ1n) is 8.46. The molecular formula is C19H19BrN2O5. The van der Waals surface area contributed by atoms with Gasteiger partial charge in [0.15, 0.2) is 17.2 Å². The van der Waals surface area contributed by atoms with Gasteiger partial charge in [0.05, 0.1) is 5.56 Å². The van der Waals surface area contributed by atoms with E-state index in [2.05, 4.69) is 15.9 Å². The van der Waals surface area contributed by atoms with Gasteiger partial charge in [0, 0.05) is 36.2 Å². The van der Waals surface area contributed by atoms with Crippen LogP contribution in [0.1, 0.15) is 27.1 Å². The second kappa shape index (κ2) is 7.87. The van der Waals surface area contributed by atoms with E-state index in [9.17, 15) is 24.9 Å². The second-order valence-corrected chi connectivity index (χ2v) is 7.14. The molecule has 0 aromatic heterocycles. The number of hydrogen-bond donors (Lipinski definition) is 3. The fraction of sp³-hybridized carbons (Fsp3) is 0.263. The smallest absolute Gasteiger partial charge is 0.255 e. The van der Waals surface area contributed by atoms with Crippen LogP contribution in [0.2, 0.25) is 0 Å². The molecule has 0 radical (unpaired) electrons. The SMILES string of the molecule is O=C(c1cc(O)c(O)c(O)c1)N1CCCN(C(=O)c2ccccc2Br)CC1. The van der Waals surface area contributed by atoms with Gasteiger partial charge in [-0.1, -0.05) is 12.1 Å². The zero-order valence-corrected chi connectivity index (χ0v) is 16.0. The zero-order valence-electron chi connectivity index (χ0n) is 14.4. The van der Waals surface area contributed by atoms with Crippen molar-refractivity contribution in [2.75, 3.05) is 26.2 Å². The fourth-order valence-electron chi connectivity index (χ4n) is 3.04. The van der Waals surface area contributed by atoms with E-state index in [1.54, 1.807) is 21.9 Å². The molecule has 0 saturated carbocycles. The molecular weight excluding hydrogens is 416 g/mol. The van der Waals surface area contributed by atoms with Gasteiger partial charge in [0.2, 0.25) is 0 Å². The highest BCUT2D eigenvalue weighted by Crippen LogP contribution is 2.35. The van der Waals surface area contributed by atoms with Crippen molar-refractivity contribution in [2.24, 2.45) is 0 Å². The molecule has 0 bridgehead atoms. The molecule has 7 nitrogen and oxygen atoms in total. The molecule has 1 aliphatic rings. The molecule has 1 saturated heterocycles. The summed E-state index contributed by atoms with van der Waals surface area (Å²) in [6.45, 7) is 1.68. The number of phenols is 3. The molecule has 2 amide bonds. The summed E-state index contributed by atoms with van der Waals surface area (Å²) >= 11 is 3.39. The van der Waals surface area contributed by atoms with E-state index in [4.69, 9.17) is 0 Å².